The largest absolute Gasteiger partial charge is 0.339 e. The first-order chi connectivity index (χ1) is 15.8. The van der Waals surface area contributed by atoms with E-state index in [0.717, 1.165) is 85.9 Å². The number of piperidine rings is 1. The van der Waals surface area contributed by atoms with Gasteiger partial charge in [-0.3, -0.25) is 9.59 Å². The van der Waals surface area contributed by atoms with Crippen LogP contribution in [0.3, 0.4) is 0 Å². The van der Waals surface area contributed by atoms with E-state index in [1.165, 1.54) is 12.1 Å². The van der Waals surface area contributed by atoms with Gasteiger partial charge in [-0.15, -0.1) is 0 Å². The molecule has 0 atom stereocenters. The number of hydrogen-bond donors (Lipinski definition) is 1. The summed E-state index contributed by atoms with van der Waals surface area (Å²) in [5.74, 6) is 0.260. The molecule has 5 heteroatoms. The molecule has 0 saturated carbocycles. The van der Waals surface area contributed by atoms with Crippen molar-refractivity contribution in [1.82, 2.24) is 4.90 Å². The standard InChI is InChI=1S/C28H35FN2O2/c1-5-7-18(3)25(28(33)31-14-12-17(2)13-15-31)21-8-6-9-22(19(21)4)26-23-16-20(29)10-11-24(23)30-27(26)32/h10-11,16-17H,5-9,12-15H2,1-4H3,(H,30,32)/b25-18+,26-22-. The second kappa shape index (κ2) is 9.66. The lowest BCUT2D eigenvalue weighted by Gasteiger charge is -2.33. The van der Waals surface area contributed by atoms with Crippen molar-refractivity contribution in [2.75, 3.05) is 18.4 Å². The smallest absolute Gasteiger partial charge is 0.256 e. The van der Waals surface area contributed by atoms with E-state index >= 15 is 0 Å². The van der Waals surface area contributed by atoms with Crippen molar-refractivity contribution >= 4 is 23.1 Å². The van der Waals surface area contributed by atoms with E-state index in [2.05, 4.69) is 26.1 Å². The van der Waals surface area contributed by atoms with Crippen LogP contribution in [0.4, 0.5) is 10.1 Å². The molecule has 2 aliphatic heterocycles. The molecule has 1 saturated heterocycles. The Hall–Kier alpha value is -2.69. The molecule has 1 aromatic rings. The molecule has 0 aromatic heterocycles. The molecule has 2 heterocycles. The van der Waals surface area contributed by atoms with Crippen LogP contribution in [0.5, 0.6) is 0 Å². The van der Waals surface area contributed by atoms with Gasteiger partial charge in [0.15, 0.2) is 0 Å². The number of likely N-dealkylation sites (tertiary alicyclic amines) is 1. The average molecular weight is 451 g/mol. The van der Waals surface area contributed by atoms with Gasteiger partial charge in [0.05, 0.1) is 5.57 Å². The fourth-order valence-corrected chi connectivity index (χ4v) is 5.50. The normalized spacial score (nSPS) is 22.3. The number of carbonyl (C=O) groups is 2. The number of carbonyl (C=O) groups excluding carboxylic acids is 2. The maximum absolute atomic E-state index is 14.0. The summed E-state index contributed by atoms with van der Waals surface area (Å²) >= 11 is 0. The van der Waals surface area contributed by atoms with Gasteiger partial charge in [-0.25, -0.2) is 4.39 Å². The number of nitrogens with zero attached hydrogens (tertiary/aromatic N) is 1. The van der Waals surface area contributed by atoms with E-state index in [0.29, 0.717) is 22.7 Å². The molecule has 176 valence electrons. The minimum atomic E-state index is -0.352. The zero-order chi connectivity index (χ0) is 23.7. The summed E-state index contributed by atoms with van der Waals surface area (Å²) in [5, 5.41) is 2.89. The molecule has 1 fully saturated rings. The monoisotopic (exact) mass is 450 g/mol. The van der Waals surface area contributed by atoms with E-state index in [9.17, 15) is 14.0 Å². The lowest BCUT2D eigenvalue weighted by Crippen LogP contribution is -2.39. The highest BCUT2D eigenvalue weighted by Gasteiger charge is 2.33. The van der Waals surface area contributed by atoms with Gasteiger partial charge < -0.3 is 10.2 Å². The topological polar surface area (TPSA) is 49.4 Å². The number of anilines is 1. The second-order valence-corrected chi connectivity index (χ2v) is 9.83. The van der Waals surface area contributed by atoms with Gasteiger partial charge in [-0.1, -0.05) is 25.8 Å². The Balaban J connectivity index is 1.82. The number of halogens is 1. The van der Waals surface area contributed by atoms with E-state index in [1.54, 1.807) is 6.07 Å². The lowest BCUT2D eigenvalue weighted by molar-refractivity contribution is -0.128. The molecule has 3 aliphatic rings. The summed E-state index contributed by atoms with van der Waals surface area (Å²) in [6.45, 7) is 10.1. The van der Waals surface area contributed by atoms with Crippen molar-refractivity contribution < 1.29 is 14.0 Å². The molecule has 1 aliphatic carbocycles. The summed E-state index contributed by atoms with van der Waals surface area (Å²) < 4.78 is 14.0. The number of amides is 2. The SMILES string of the molecule is CCC/C(C)=C(/C(=O)N1CCC(C)CC1)C1=C(C)/C(=C2\C(=O)Nc3ccc(F)cc32)CCC1. The zero-order valence-corrected chi connectivity index (χ0v) is 20.3. The number of rotatable bonds is 4. The Labute approximate surface area is 196 Å². The van der Waals surface area contributed by atoms with Crippen LogP contribution in [0, 0.1) is 11.7 Å². The first-order valence-electron chi connectivity index (χ1n) is 12.4. The number of fused-ring (bicyclic) bond motifs is 1. The highest BCUT2D eigenvalue weighted by molar-refractivity contribution is 6.32. The van der Waals surface area contributed by atoms with Gasteiger partial charge in [0, 0.05) is 29.9 Å². The van der Waals surface area contributed by atoms with Gasteiger partial charge in [-0.2, -0.15) is 0 Å². The molecule has 0 bridgehead atoms. The van der Waals surface area contributed by atoms with Gasteiger partial charge in [-0.05, 0) is 93.2 Å². The third-order valence-electron chi connectivity index (χ3n) is 7.43. The first-order valence-corrected chi connectivity index (χ1v) is 12.4. The van der Waals surface area contributed by atoms with E-state index in [-0.39, 0.29) is 17.6 Å². The van der Waals surface area contributed by atoms with Crippen LogP contribution in [-0.2, 0) is 9.59 Å². The number of nitrogens with one attached hydrogen (secondary N) is 1. The third-order valence-corrected chi connectivity index (χ3v) is 7.43. The summed E-state index contributed by atoms with van der Waals surface area (Å²) in [5.41, 5.74) is 6.83. The molecule has 4 nitrogen and oxygen atoms in total. The molecule has 0 unspecified atom stereocenters. The molecule has 2 amide bonds. The van der Waals surface area contributed by atoms with E-state index < -0.39 is 0 Å². The van der Waals surface area contributed by atoms with Crippen LogP contribution in [0.1, 0.15) is 78.2 Å². The van der Waals surface area contributed by atoms with Crippen molar-refractivity contribution in [3.63, 3.8) is 0 Å². The van der Waals surface area contributed by atoms with Gasteiger partial charge >= 0.3 is 0 Å². The van der Waals surface area contributed by atoms with Gasteiger partial charge in [0.1, 0.15) is 5.82 Å². The van der Waals surface area contributed by atoms with Crippen LogP contribution < -0.4 is 5.32 Å². The summed E-state index contributed by atoms with van der Waals surface area (Å²) in [4.78, 5) is 28.7. The number of allylic oxidation sites excluding steroid dienone is 3. The Kier molecular flexibility index (Phi) is 6.87. The maximum atomic E-state index is 14.0. The maximum Gasteiger partial charge on any atom is 0.256 e. The minimum absolute atomic E-state index is 0.135. The Bertz CT molecular complexity index is 1070. The van der Waals surface area contributed by atoms with Gasteiger partial charge in [0.2, 0.25) is 0 Å². The molecular weight excluding hydrogens is 415 g/mol. The zero-order valence-electron chi connectivity index (χ0n) is 20.3. The Morgan fingerprint density at radius 1 is 1.21 bits per heavy atom. The molecule has 1 aromatic carbocycles. The summed E-state index contributed by atoms with van der Waals surface area (Å²) in [6.07, 6.45) is 6.40. The molecule has 0 spiro atoms. The van der Waals surface area contributed by atoms with E-state index in [4.69, 9.17) is 0 Å². The van der Waals surface area contributed by atoms with E-state index in [1.807, 2.05) is 11.8 Å². The minimum Gasteiger partial charge on any atom is -0.339 e. The predicted octanol–water partition coefficient (Wildman–Crippen LogP) is 6.41. The number of benzene rings is 1. The van der Waals surface area contributed by atoms with Crippen LogP contribution in [-0.4, -0.2) is 29.8 Å². The molecule has 33 heavy (non-hydrogen) atoms. The average Bonchev–Trinajstić information content (AvgIpc) is 3.10. The predicted molar refractivity (Wildman–Crippen MR) is 131 cm³/mol. The molecule has 1 N–H and O–H groups in total. The van der Waals surface area contributed by atoms with Crippen molar-refractivity contribution in [3.05, 3.63) is 57.4 Å². The Morgan fingerprint density at radius 3 is 2.64 bits per heavy atom. The van der Waals surface area contributed by atoms with Crippen LogP contribution in [0.15, 0.2) is 46.1 Å². The van der Waals surface area contributed by atoms with Crippen LogP contribution in [0.2, 0.25) is 0 Å². The second-order valence-electron chi connectivity index (χ2n) is 9.83. The summed E-state index contributed by atoms with van der Waals surface area (Å²) in [7, 11) is 0. The van der Waals surface area contributed by atoms with Crippen LogP contribution >= 0.6 is 0 Å². The quantitative estimate of drug-likeness (QED) is 0.539. The summed E-state index contributed by atoms with van der Waals surface area (Å²) in [6, 6.07) is 4.43. The fourth-order valence-electron chi connectivity index (χ4n) is 5.50. The highest BCUT2D eigenvalue weighted by atomic mass is 19.1. The van der Waals surface area contributed by atoms with Crippen LogP contribution in [0.25, 0.3) is 5.57 Å². The van der Waals surface area contributed by atoms with Gasteiger partial charge in [0.25, 0.3) is 11.8 Å². The van der Waals surface area contributed by atoms with Crippen molar-refractivity contribution in [2.24, 2.45) is 5.92 Å². The Morgan fingerprint density at radius 2 is 1.94 bits per heavy atom. The number of hydrogen-bond acceptors (Lipinski definition) is 2. The third kappa shape index (κ3) is 4.55. The molecule has 4 rings (SSSR count). The highest BCUT2D eigenvalue weighted by Crippen LogP contribution is 2.43. The molecular formula is C28H35FN2O2. The van der Waals surface area contributed by atoms with Crippen molar-refractivity contribution in [1.29, 1.82) is 0 Å². The first kappa shape index (κ1) is 23.5. The fraction of sp³-hybridized carbons (Fsp3) is 0.500. The molecule has 0 radical (unpaired) electrons. The van der Waals surface area contributed by atoms with Crippen molar-refractivity contribution in [3.8, 4) is 0 Å². The van der Waals surface area contributed by atoms with Crippen molar-refractivity contribution in [2.45, 2.75) is 72.6 Å². The lowest BCUT2D eigenvalue weighted by atomic mass is 9.79.